The van der Waals surface area contributed by atoms with Gasteiger partial charge in [-0.1, -0.05) is 22.6 Å². The molecule has 0 amide bonds. The summed E-state index contributed by atoms with van der Waals surface area (Å²) in [5.41, 5.74) is -0.520. The molecule has 1 atom stereocenters. The van der Waals surface area contributed by atoms with Crippen LogP contribution in [0.2, 0.25) is 0 Å². The second kappa shape index (κ2) is 4.26. The van der Waals surface area contributed by atoms with Crippen LogP contribution in [0.4, 0.5) is 17.6 Å². The Morgan fingerprint density at radius 1 is 0.929 bits per heavy atom. The molecule has 0 fully saturated rings. The van der Waals surface area contributed by atoms with Gasteiger partial charge in [0.25, 0.3) is 0 Å². The van der Waals surface area contributed by atoms with E-state index >= 15 is 0 Å². The van der Waals surface area contributed by atoms with Crippen molar-refractivity contribution in [2.45, 2.75) is 19.8 Å². The van der Waals surface area contributed by atoms with E-state index < -0.39 is 34.1 Å². The zero-order valence-corrected chi connectivity index (χ0v) is 8.66. The molecular formula is C9H9F4P. The molecule has 0 aliphatic carbocycles. The van der Waals surface area contributed by atoms with Crippen LogP contribution in [-0.2, 0) is 6.42 Å². The second-order valence-electron chi connectivity index (χ2n) is 2.90. The van der Waals surface area contributed by atoms with Crippen LogP contribution in [0.3, 0.4) is 0 Å². The van der Waals surface area contributed by atoms with Crippen LogP contribution in [0.1, 0.15) is 18.9 Å². The van der Waals surface area contributed by atoms with Crippen molar-refractivity contribution in [1.82, 2.24) is 0 Å². The molecule has 0 N–H and O–H groups in total. The molecule has 0 radical (unpaired) electrons. The topological polar surface area (TPSA) is 0 Å². The number of benzene rings is 1. The number of halogens is 4. The largest absolute Gasteiger partial charge is 0.203 e. The lowest BCUT2D eigenvalue weighted by atomic mass is 10.1. The van der Waals surface area contributed by atoms with Crippen molar-refractivity contribution in [3.63, 3.8) is 0 Å². The Balaban J connectivity index is 3.43. The molecule has 0 nitrogen and oxygen atoms in total. The van der Waals surface area contributed by atoms with Gasteiger partial charge in [-0.05, 0) is 6.42 Å². The van der Waals surface area contributed by atoms with E-state index in [0.29, 0.717) is 6.42 Å². The smallest absolute Gasteiger partial charge is 0.169 e. The van der Waals surface area contributed by atoms with Gasteiger partial charge < -0.3 is 0 Å². The molecule has 1 rings (SSSR count). The number of rotatable bonds is 2. The summed E-state index contributed by atoms with van der Waals surface area (Å²) < 4.78 is 52.1. The predicted octanol–water partition coefficient (Wildman–Crippen LogP) is 2.70. The molecule has 0 heterocycles. The van der Waals surface area contributed by atoms with Gasteiger partial charge in [-0.3, -0.25) is 0 Å². The van der Waals surface area contributed by atoms with Gasteiger partial charge >= 0.3 is 0 Å². The molecule has 0 spiro atoms. The van der Waals surface area contributed by atoms with Crippen LogP contribution in [-0.4, -0.2) is 0 Å². The van der Waals surface area contributed by atoms with Crippen molar-refractivity contribution in [1.29, 1.82) is 0 Å². The molecule has 0 bridgehead atoms. The summed E-state index contributed by atoms with van der Waals surface area (Å²) in [4.78, 5) is 0. The average Bonchev–Trinajstić information content (AvgIpc) is 2.19. The zero-order valence-electron chi connectivity index (χ0n) is 7.50. The molecule has 0 aromatic heterocycles. The maximum atomic E-state index is 13.1. The number of hydrogen-bond donors (Lipinski definition) is 0. The minimum Gasteiger partial charge on any atom is -0.203 e. The quantitative estimate of drug-likeness (QED) is 0.411. The molecule has 1 aromatic rings. The summed E-state index contributed by atoms with van der Waals surface area (Å²) in [5.74, 6) is -5.26. The molecule has 0 saturated heterocycles. The van der Waals surface area contributed by atoms with Gasteiger partial charge in [-0.15, -0.1) is 0 Å². The van der Waals surface area contributed by atoms with Gasteiger partial charge in [0, 0.05) is 10.9 Å². The lowest BCUT2D eigenvalue weighted by Gasteiger charge is -2.08. The van der Waals surface area contributed by atoms with Crippen molar-refractivity contribution >= 4 is 14.5 Å². The summed E-state index contributed by atoms with van der Waals surface area (Å²) in [6.07, 6.45) is 0.402. The lowest BCUT2D eigenvalue weighted by molar-refractivity contribution is 0.447. The molecular weight excluding hydrogens is 215 g/mol. The second-order valence-corrected chi connectivity index (χ2v) is 3.48. The maximum Gasteiger partial charge on any atom is 0.169 e. The Kier molecular flexibility index (Phi) is 3.48. The van der Waals surface area contributed by atoms with E-state index in [9.17, 15) is 17.6 Å². The molecule has 1 aromatic carbocycles. The standard InChI is InChI=1S/C9H9F4P/c1-2-3-4-5(10)7(12)9(14)8(13)6(4)11/h2-3,14H2,1H3. The van der Waals surface area contributed by atoms with E-state index in [4.69, 9.17) is 0 Å². The summed E-state index contributed by atoms with van der Waals surface area (Å²) in [6.45, 7) is 1.67. The Morgan fingerprint density at radius 2 is 1.36 bits per heavy atom. The van der Waals surface area contributed by atoms with Crippen molar-refractivity contribution < 1.29 is 17.6 Å². The molecule has 0 aliphatic rings. The van der Waals surface area contributed by atoms with Crippen molar-refractivity contribution in [3.05, 3.63) is 28.8 Å². The summed E-state index contributed by atoms with van der Waals surface area (Å²) in [7, 11) is 1.64. The summed E-state index contributed by atoms with van der Waals surface area (Å²) in [6, 6.07) is 0. The molecule has 14 heavy (non-hydrogen) atoms. The highest BCUT2D eigenvalue weighted by molar-refractivity contribution is 7.27. The first-order chi connectivity index (χ1) is 6.50. The van der Waals surface area contributed by atoms with E-state index in [1.807, 2.05) is 0 Å². The Morgan fingerprint density at radius 3 is 1.71 bits per heavy atom. The van der Waals surface area contributed by atoms with Gasteiger partial charge in [0.2, 0.25) is 0 Å². The monoisotopic (exact) mass is 224 g/mol. The fourth-order valence-electron chi connectivity index (χ4n) is 1.16. The zero-order chi connectivity index (χ0) is 10.9. The van der Waals surface area contributed by atoms with E-state index in [-0.39, 0.29) is 6.42 Å². The van der Waals surface area contributed by atoms with Crippen molar-refractivity contribution in [3.8, 4) is 0 Å². The summed E-state index contributed by atoms with van der Waals surface area (Å²) in [5, 5.41) is -0.695. The highest BCUT2D eigenvalue weighted by Gasteiger charge is 2.21. The molecule has 1 unspecified atom stereocenters. The van der Waals surface area contributed by atoms with Crippen LogP contribution < -0.4 is 5.30 Å². The Bertz CT molecular complexity index is 333. The molecule has 0 saturated carbocycles. The van der Waals surface area contributed by atoms with Crippen LogP contribution in [0.15, 0.2) is 0 Å². The van der Waals surface area contributed by atoms with Crippen LogP contribution in [0, 0.1) is 23.3 Å². The molecule has 0 aliphatic heterocycles. The minimum atomic E-state index is -1.34. The van der Waals surface area contributed by atoms with Crippen LogP contribution >= 0.6 is 9.24 Å². The highest BCUT2D eigenvalue weighted by atomic mass is 31.0. The molecule has 78 valence electrons. The van der Waals surface area contributed by atoms with Gasteiger partial charge in [-0.2, -0.15) is 0 Å². The third-order valence-electron chi connectivity index (χ3n) is 1.89. The first-order valence-corrected chi connectivity index (χ1v) is 4.68. The molecule has 5 heteroatoms. The third-order valence-corrected chi connectivity index (χ3v) is 2.40. The third kappa shape index (κ3) is 1.76. The van der Waals surface area contributed by atoms with Crippen LogP contribution in [0.5, 0.6) is 0 Å². The fourth-order valence-corrected chi connectivity index (χ4v) is 1.42. The van der Waals surface area contributed by atoms with E-state index in [0.717, 1.165) is 0 Å². The fraction of sp³-hybridized carbons (Fsp3) is 0.333. The minimum absolute atomic E-state index is 0.0174. The van der Waals surface area contributed by atoms with Gasteiger partial charge in [0.15, 0.2) is 23.3 Å². The van der Waals surface area contributed by atoms with E-state index in [2.05, 4.69) is 0 Å². The van der Waals surface area contributed by atoms with Crippen molar-refractivity contribution in [2.24, 2.45) is 0 Å². The van der Waals surface area contributed by atoms with Crippen LogP contribution in [0.25, 0.3) is 0 Å². The normalized spacial score (nSPS) is 10.7. The predicted molar refractivity (Wildman–Crippen MR) is 49.6 cm³/mol. The van der Waals surface area contributed by atoms with Crippen molar-refractivity contribution in [2.75, 3.05) is 0 Å². The first-order valence-electron chi connectivity index (χ1n) is 4.11. The Labute approximate surface area is 81.5 Å². The van der Waals surface area contributed by atoms with Gasteiger partial charge in [0.1, 0.15) is 0 Å². The maximum absolute atomic E-state index is 13.1. The van der Waals surface area contributed by atoms with E-state index in [1.54, 1.807) is 16.2 Å². The first kappa shape index (κ1) is 11.4. The number of hydrogen-bond acceptors (Lipinski definition) is 0. The van der Waals surface area contributed by atoms with E-state index in [1.165, 1.54) is 0 Å². The lowest BCUT2D eigenvalue weighted by Crippen LogP contribution is -2.15. The Hall–Kier alpha value is -0.630. The highest BCUT2D eigenvalue weighted by Crippen LogP contribution is 2.20. The van der Waals surface area contributed by atoms with Gasteiger partial charge in [-0.25, -0.2) is 17.6 Å². The summed E-state index contributed by atoms with van der Waals surface area (Å²) >= 11 is 0. The SMILES string of the molecule is CCCc1c(F)c(F)c(P)c(F)c1F. The average molecular weight is 224 g/mol. The van der Waals surface area contributed by atoms with Gasteiger partial charge in [0.05, 0.1) is 0 Å².